The Morgan fingerprint density at radius 3 is 2.85 bits per heavy atom. The standard InChI is InChI=1S/C13H23N5O2/c1-4-18(9(2)3)13(19)17-7-5-6-10(8-17)11-15-16-12(14)20-11/h9-10H,4-8H2,1-3H3,(H2,14,16). The molecule has 0 aromatic carbocycles. The van der Waals surface area contributed by atoms with Gasteiger partial charge >= 0.3 is 12.0 Å². The van der Waals surface area contributed by atoms with Crippen molar-refractivity contribution in [3.8, 4) is 0 Å². The van der Waals surface area contributed by atoms with Gasteiger partial charge in [-0.2, -0.15) is 0 Å². The van der Waals surface area contributed by atoms with Crippen LogP contribution in [0.15, 0.2) is 4.42 Å². The predicted molar refractivity (Wildman–Crippen MR) is 75.2 cm³/mol. The Balaban J connectivity index is 2.05. The quantitative estimate of drug-likeness (QED) is 0.910. The number of carbonyl (C=O) groups is 1. The summed E-state index contributed by atoms with van der Waals surface area (Å²) in [7, 11) is 0. The molecule has 1 aromatic rings. The maximum absolute atomic E-state index is 12.5. The molecule has 1 aromatic heterocycles. The Bertz CT molecular complexity index is 459. The van der Waals surface area contributed by atoms with E-state index in [0.29, 0.717) is 19.0 Å². The zero-order valence-corrected chi connectivity index (χ0v) is 12.4. The van der Waals surface area contributed by atoms with Crippen LogP contribution >= 0.6 is 0 Å². The van der Waals surface area contributed by atoms with E-state index in [4.69, 9.17) is 10.2 Å². The van der Waals surface area contributed by atoms with Crippen molar-refractivity contribution in [3.63, 3.8) is 0 Å². The smallest absolute Gasteiger partial charge is 0.320 e. The summed E-state index contributed by atoms with van der Waals surface area (Å²) in [6.07, 6.45) is 1.88. The SMILES string of the molecule is CCN(C(=O)N1CCCC(c2nnc(N)o2)C1)C(C)C. The molecule has 2 rings (SSSR count). The number of hydrogen-bond acceptors (Lipinski definition) is 5. The van der Waals surface area contributed by atoms with Gasteiger partial charge in [-0.15, -0.1) is 5.10 Å². The predicted octanol–water partition coefficient (Wildman–Crippen LogP) is 1.68. The van der Waals surface area contributed by atoms with Crippen LogP contribution in [0.3, 0.4) is 0 Å². The molecule has 1 saturated heterocycles. The van der Waals surface area contributed by atoms with Gasteiger partial charge in [0.05, 0.1) is 5.92 Å². The monoisotopic (exact) mass is 281 g/mol. The van der Waals surface area contributed by atoms with Gasteiger partial charge in [-0.05, 0) is 33.6 Å². The van der Waals surface area contributed by atoms with E-state index in [1.54, 1.807) is 0 Å². The van der Waals surface area contributed by atoms with Crippen LogP contribution in [0.25, 0.3) is 0 Å². The van der Waals surface area contributed by atoms with Crippen LogP contribution < -0.4 is 5.73 Å². The molecule has 112 valence electrons. The van der Waals surface area contributed by atoms with Crippen LogP contribution in [-0.4, -0.2) is 51.7 Å². The van der Waals surface area contributed by atoms with Crippen LogP contribution in [-0.2, 0) is 0 Å². The lowest BCUT2D eigenvalue weighted by atomic mass is 9.98. The summed E-state index contributed by atoms with van der Waals surface area (Å²) in [4.78, 5) is 16.3. The second-order valence-corrected chi connectivity index (χ2v) is 5.43. The third kappa shape index (κ3) is 3.02. The van der Waals surface area contributed by atoms with Crippen molar-refractivity contribution in [2.75, 3.05) is 25.4 Å². The van der Waals surface area contributed by atoms with Gasteiger partial charge in [-0.3, -0.25) is 0 Å². The molecular formula is C13H23N5O2. The lowest BCUT2D eigenvalue weighted by Gasteiger charge is -2.36. The van der Waals surface area contributed by atoms with Crippen molar-refractivity contribution >= 4 is 12.0 Å². The fourth-order valence-electron chi connectivity index (χ4n) is 2.67. The van der Waals surface area contributed by atoms with Crippen molar-refractivity contribution < 1.29 is 9.21 Å². The third-order valence-corrected chi connectivity index (χ3v) is 3.71. The highest BCUT2D eigenvalue weighted by molar-refractivity contribution is 5.75. The van der Waals surface area contributed by atoms with Crippen LogP contribution in [0.2, 0.25) is 0 Å². The number of piperidine rings is 1. The van der Waals surface area contributed by atoms with Gasteiger partial charge in [0, 0.05) is 25.7 Å². The molecule has 2 heterocycles. The number of likely N-dealkylation sites (tertiary alicyclic amines) is 1. The number of nitrogen functional groups attached to an aromatic ring is 1. The molecule has 0 bridgehead atoms. The zero-order valence-electron chi connectivity index (χ0n) is 12.4. The fraction of sp³-hybridized carbons (Fsp3) is 0.769. The molecule has 1 aliphatic heterocycles. The first-order valence-corrected chi connectivity index (χ1v) is 7.17. The normalized spacial score (nSPS) is 19.4. The number of hydrogen-bond donors (Lipinski definition) is 1. The number of nitrogens with two attached hydrogens (primary N) is 1. The highest BCUT2D eigenvalue weighted by Crippen LogP contribution is 2.27. The minimum absolute atomic E-state index is 0.0830. The largest absolute Gasteiger partial charge is 0.408 e. The summed E-state index contributed by atoms with van der Waals surface area (Å²) >= 11 is 0. The Morgan fingerprint density at radius 2 is 2.30 bits per heavy atom. The van der Waals surface area contributed by atoms with Gasteiger partial charge in [0.15, 0.2) is 0 Å². The molecule has 1 aliphatic rings. The van der Waals surface area contributed by atoms with Crippen molar-refractivity contribution in [1.82, 2.24) is 20.0 Å². The van der Waals surface area contributed by atoms with Gasteiger partial charge in [0.25, 0.3) is 0 Å². The van der Waals surface area contributed by atoms with Gasteiger partial charge in [-0.1, -0.05) is 5.10 Å². The minimum atomic E-state index is 0.0830. The number of anilines is 1. The van der Waals surface area contributed by atoms with Crippen LogP contribution in [0.1, 0.15) is 45.4 Å². The molecule has 2 amide bonds. The molecule has 7 heteroatoms. The van der Waals surface area contributed by atoms with E-state index in [2.05, 4.69) is 10.2 Å². The molecule has 0 saturated carbocycles. The summed E-state index contributed by atoms with van der Waals surface area (Å²) in [6.45, 7) is 8.16. The minimum Gasteiger partial charge on any atom is -0.408 e. The first-order chi connectivity index (χ1) is 9.52. The van der Waals surface area contributed by atoms with Crippen LogP contribution in [0.4, 0.5) is 10.8 Å². The van der Waals surface area contributed by atoms with E-state index in [1.165, 1.54) is 0 Å². The first kappa shape index (κ1) is 14.6. The lowest BCUT2D eigenvalue weighted by molar-refractivity contribution is 0.126. The van der Waals surface area contributed by atoms with Gasteiger partial charge in [0.1, 0.15) is 0 Å². The summed E-state index contributed by atoms with van der Waals surface area (Å²) in [5.74, 6) is 0.621. The van der Waals surface area contributed by atoms with Crippen molar-refractivity contribution in [3.05, 3.63) is 5.89 Å². The summed E-state index contributed by atoms with van der Waals surface area (Å²) in [6, 6.07) is 0.368. The van der Waals surface area contributed by atoms with E-state index in [9.17, 15) is 4.79 Å². The second-order valence-electron chi connectivity index (χ2n) is 5.43. The van der Waals surface area contributed by atoms with Crippen molar-refractivity contribution in [2.24, 2.45) is 0 Å². The second kappa shape index (κ2) is 6.11. The lowest BCUT2D eigenvalue weighted by Crippen LogP contribution is -2.49. The number of aromatic nitrogens is 2. The maximum Gasteiger partial charge on any atom is 0.320 e. The number of carbonyl (C=O) groups excluding carboxylic acids is 1. The highest BCUT2D eigenvalue weighted by atomic mass is 16.4. The molecule has 1 fully saturated rings. The number of urea groups is 1. The Labute approximate surface area is 119 Å². The Morgan fingerprint density at radius 1 is 1.55 bits per heavy atom. The number of amides is 2. The number of nitrogens with zero attached hydrogens (tertiary/aromatic N) is 4. The van der Waals surface area contributed by atoms with E-state index >= 15 is 0 Å². The summed E-state index contributed by atoms with van der Waals surface area (Å²) in [5, 5.41) is 7.63. The molecule has 2 N–H and O–H groups in total. The maximum atomic E-state index is 12.5. The topological polar surface area (TPSA) is 88.5 Å². The van der Waals surface area contributed by atoms with Gasteiger partial charge in [0.2, 0.25) is 5.89 Å². The van der Waals surface area contributed by atoms with Gasteiger partial charge in [-0.25, -0.2) is 4.79 Å². The van der Waals surface area contributed by atoms with Crippen LogP contribution in [0, 0.1) is 0 Å². The molecule has 0 spiro atoms. The van der Waals surface area contributed by atoms with Crippen molar-refractivity contribution in [2.45, 2.75) is 45.6 Å². The first-order valence-electron chi connectivity index (χ1n) is 7.17. The highest BCUT2D eigenvalue weighted by Gasteiger charge is 2.30. The average Bonchev–Trinajstić information content (AvgIpc) is 2.86. The van der Waals surface area contributed by atoms with Gasteiger partial charge < -0.3 is 20.0 Å². The van der Waals surface area contributed by atoms with E-state index in [-0.39, 0.29) is 24.0 Å². The third-order valence-electron chi connectivity index (χ3n) is 3.71. The van der Waals surface area contributed by atoms with E-state index in [0.717, 1.165) is 19.4 Å². The molecule has 7 nitrogen and oxygen atoms in total. The average molecular weight is 281 g/mol. The molecule has 0 aliphatic carbocycles. The molecule has 0 radical (unpaired) electrons. The van der Waals surface area contributed by atoms with E-state index in [1.807, 2.05) is 30.6 Å². The Kier molecular flexibility index (Phi) is 4.46. The Hall–Kier alpha value is -1.79. The zero-order chi connectivity index (χ0) is 14.7. The summed E-state index contributed by atoms with van der Waals surface area (Å²) < 4.78 is 5.29. The van der Waals surface area contributed by atoms with Crippen molar-refractivity contribution in [1.29, 1.82) is 0 Å². The van der Waals surface area contributed by atoms with E-state index < -0.39 is 0 Å². The summed E-state index contributed by atoms with van der Waals surface area (Å²) in [5.41, 5.74) is 5.46. The van der Waals surface area contributed by atoms with Crippen LogP contribution in [0.5, 0.6) is 0 Å². The molecular weight excluding hydrogens is 258 g/mol. The molecule has 20 heavy (non-hydrogen) atoms. The fourth-order valence-corrected chi connectivity index (χ4v) is 2.67. The molecule has 1 atom stereocenters. The number of rotatable bonds is 3. The molecule has 1 unspecified atom stereocenters.